The lowest BCUT2D eigenvalue weighted by atomic mass is 9.84. The van der Waals surface area contributed by atoms with Crippen LogP contribution in [0, 0.1) is 42.4 Å². The molecule has 0 aliphatic carbocycles. The number of aryl methyl sites for hydroxylation is 1. The van der Waals surface area contributed by atoms with Crippen molar-refractivity contribution in [3.63, 3.8) is 0 Å². The van der Waals surface area contributed by atoms with Crippen LogP contribution in [0.1, 0.15) is 164 Å². The number of benzene rings is 2. The maximum Gasteiger partial charge on any atom is 0.410 e. The minimum atomic E-state index is -0.978. The average molecular weight is 1390 g/mol. The highest BCUT2D eigenvalue weighted by atomic mass is 32.2. The van der Waals surface area contributed by atoms with Gasteiger partial charge in [0.05, 0.1) is 42.1 Å². The molecule has 2 aromatic carbocycles. The van der Waals surface area contributed by atoms with Crippen molar-refractivity contribution in [3.8, 4) is 0 Å². The number of nitrogens with two attached hydrogens (primary N) is 1. The molecule has 2 aromatic rings. The predicted octanol–water partition coefficient (Wildman–Crippen LogP) is 6.26. The van der Waals surface area contributed by atoms with Crippen molar-refractivity contribution in [2.24, 2.45) is 41.2 Å². The summed E-state index contributed by atoms with van der Waals surface area (Å²) in [5.74, 6) is -5.62. The SMILES string of the molecule is CCOC(=O)N(C)C(C(=O)N[C@H](C(=O)N(C)[C@H]([C@H](C=O)CC(=O)N1CCC[C@H]1[C@H](OC)[C@@H](C)C(=O)N[C@H](C)[C@@H](O)c1ccccc1)[C@@H](C)CC)C(C)C)C(C)C.CSC1CC(=O)N(CCCCCC(=O)N[C@H](C(=O)N[C@@H](CCCNC(N)=O)C(=O)Nc2ccc(C)cc2)C(C)C)C1=O. The number of hydrogen-bond acceptors (Lipinski definition) is 16. The van der Waals surface area contributed by atoms with Gasteiger partial charge < -0.3 is 66.8 Å². The molecule has 0 spiro atoms. The Kier molecular flexibility index (Phi) is 36.5. The van der Waals surface area contributed by atoms with Crippen molar-refractivity contribution in [1.82, 2.24) is 46.2 Å². The largest absolute Gasteiger partial charge is 0.450 e. The summed E-state index contributed by atoms with van der Waals surface area (Å²) in [5.41, 5.74) is 7.41. The van der Waals surface area contributed by atoms with E-state index in [0.29, 0.717) is 69.3 Å². The minimum absolute atomic E-state index is 0.146. The van der Waals surface area contributed by atoms with Crippen LogP contribution in [-0.4, -0.2) is 204 Å². The minimum Gasteiger partial charge on any atom is -0.450 e. The first-order chi connectivity index (χ1) is 46.3. The van der Waals surface area contributed by atoms with Gasteiger partial charge in [0.15, 0.2) is 0 Å². The Morgan fingerprint density at radius 1 is 0.776 bits per heavy atom. The highest BCUT2D eigenvalue weighted by Gasteiger charge is 2.44. The standard InChI is InChI=1S/C42H69N5O9.C29H44N6O6S/c1-13-27(7)36(45(10)41(53)34(25(3)4)44-40(52)35(26(5)6)46(11)42(54)56-14-2)31(24-48)23-33(49)47-22-18-21-32(47)38(55-12)28(8)39(51)43-29(9)37(50)30-19-16-15-17-20-30;1-18(2)25(34-23(36)10-6-5-7-16-35-24(37)17-22(42-4)28(35)40)27(39)33-21(9-8-15-31-29(30)41)26(38)32-20-13-11-19(3)12-14-20/h15-17,19-20,24-29,31-32,34-38,50H,13-14,18,21-23H2,1-12H3,(H,43,51)(H,44,52);11-14,18,21-22,25H,5-10,15-17H2,1-4H3,(H,32,38)(H,33,39)(H,34,36)(H3,30,31,41)/t27-,28+,29+,31-,32-,34-,35?,36-,37+,38+;21-,22?,25-/m00/s1. The number of nitrogens with zero attached hydrogens (tertiary/aromatic N) is 4. The normalized spacial score (nSPS) is 17.9. The van der Waals surface area contributed by atoms with Gasteiger partial charge in [-0.2, -0.15) is 11.8 Å². The summed E-state index contributed by atoms with van der Waals surface area (Å²) >= 11 is 1.38. The van der Waals surface area contributed by atoms with Gasteiger partial charge in [0.2, 0.25) is 53.2 Å². The number of rotatable bonds is 38. The van der Waals surface area contributed by atoms with Crippen molar-refractivity contribution in [1.29, 1.82) is 0 Å². The number of amides is 12. The van der Waals surface area contributed by atoms with Crippen LogP contribution in [0.15, 0.2) is 54.6 Å². The molecule has 2 aliphatic rings. The van der Waals surface area contributed by atoms with Crippen molar-refractivity contribution < 1.29 is 72.1 Å². The molecular weight excluding hydrogens is 1280 g/mol. The zero-order valence-electron chi connectivity index (χ0n) is 60.6. The zero-order valence-corrected chi connectivity index (χ0v) is 61.4. The van der Waals surface area contributed by atoms with Crippen molar-refractivity contribution in [2.75, 3.05) is 59.0 Å². The van der Waals surface area contributed by atoms with E-state index in [1.165, 1.54) is 40.6 Å². The van der Waals surface area contributed by atoms with Crippen LogP contribution >= 0.6 is 11.8 Å². The number of aliphatic hydroxyl groups excluding tert-OH is 1. The van der Waals surface area contributed by atoms with Crippen molar-refractivity contribution >= 4 is 89.0 Å². The summed E-state index contributed by atoms with van der Waals surface area (Å²) in [6.07, 6.45) is 4.89. The number of anilines is 1. The monoisotopic (exact) mass is 1390 g/mol. The first kappa shape index (κ1) is 84.6. The molecule has 2 heterocycles. The molecule has 2 unspecified atom stereocenters. The number of aldehydes is 1. The summed E-state index contributed by atoms with van der Waals surface area (Å²) in [4.78, 5) is 161. The fourth-order valence-electron chi connectivity index (χ4n) is 12.4. The molecule has 0 saturated carbocycles. The number of nitrogens with one attached hydrogen (secondary N) is 6. The fourth-order valence-corrected chi connectivity index (χ4v) is 13.1. The molecule has 98 heavy (non-hydrogen) atoms. The van der Waals surface area contributed by atoms with Gasteiger partial charge in [-0.3, -0.25) is 53.0 Å². The summed E-state index contributed by atoms with van der Waals surface area (Å²) < 4.78 is 11.0. The number of likely N-dealkylation sites (N-methyl/N-ethyl adjacent to an activating group) is 2. The highest BCUT2D eigenvalue weighted by Crippen LogP contribution is 2.32. The number of unbranched alkanes of at least 4 members (excludes halogenated alkanes) is 2. The van der Waals surface area contributed by atoms with Crippen molar-refractivity contribution in [3.05, 3.63) is 65.7 Å². The van der Waals surface area contributed by atoms with E-state index in [4.69, 9.17) is 15.2 Å². The maximum absolute atomic E-state index is 14.3. The molecular formula is C71H113N11O15S. The van der Waals surface area contributed by atoms with E-state index in [2.05, 4.69) is 31.9 Å². The molecule has 2 saturated heterocycles. The lowest BCUT2D eigenvalue weighted by molar-refractivity contribution is -0.145. The van der Waals surface area contributed by atoms with Crippen LogP contribution in [-0.2, 0) is 57.4 Å². The molecule has 4 rings (SSSR count). The fraction of sp³-hybridized carbons (Fsp3) is 0.662. The number of aliphatic hydroxyl groups is 1. The highest BCUT2D eigenvalue weighted by molar-refractivity contribution is 8.00. The number of thioether (sulfide) groups is 1. The van der Waals surface area contributed by atoms with Gasteiger partial charge in [-0.1, -0.05) is 123 Å². The van der Waals surface area contributed by atoms with E-state index in [1.807, 2.05) is 71.2 Å². The molecule has 0 radical (unpaired) electrons. The topological polar surface area (TPSA) is 355 Å². The Bertz CT molecular complexity index is 2940. The van der Waals surface area contributed by atoms with E-state index >= 15 is 0 Å². The van der Waals surface area contributed by atoms with E-state index < -0.39 is 102 Å². The second kappa shape index (κ2) is 42.3. The van der Waals surface area contributed by atoms with E-state index in [0.717, 1.165) is 11.8 Å². The van der Waals surface area contributed by atoms with E-state index in [9.17, 15) is 62.6 Å². The third kappa shape index (κ3) is 25.6. The van der Waals surface area contributed by atoms with Crippen LogP contribution < -0.4 is 37.6 Å². The van der Waals surface area contributed by atoms with Crippen LogP contribution in [0.25, 0.3) is 0 Å². The molecule has 12 amide bonds. The van der Waals surface area contributed by atoms with E-state index in [-0.39, 0.29) is 97.3 Å². The van der Waals surface area contributed by atoms with Crippen LogP contribution in [0.2, 0.25) is 0 Å². The third-order valence-electron chi connectivity index (χ3n) is 18.3. The molecule has 0 aromatic heterocycles. The molecule has 548 valence electrons. The summed E-state index contributed by atoms with van der Waals surface area (Å²) in [6, 6.07) is 10.3. The second-order valence-electron chi connectivity index (χ2n) is 26.8. The number of hydrogen-bond donors (Lipinski definition) is 8. The number of carbonyl (C=O) groups excluding carboxylic acids is 12. The molecule has 27 heteroatoms. The van der Waals surface area contributed by atoms with Crippen LogP contribution in [0.4, 0.5) is 15.3 Å². The Morgan fingerprint density at radius 2 is 1.42 bits per heavy atom. The molecule has 2 fully saturated rings. The Morgan fingerprint density at radius 3 is 1.97 bits per heavy atom. The number of likely N-dealkylation sites (tertiary alicyclic amines) is 2. The van der Waals surface area contributed by atoms with Gasteiger partial charge in [-0.15, -0.1) is 0 Å². The number of imide groups is 1. The maximum atomic E-state index is 14.3. The zero-order chi connectivity index (χ0) is 73.7. The Labute approximate surface area is 584 Å². The van der Waals surface area contributed by atoms with Gasteiger partial charge in [0.25, 0.3) is 0 Å². The number of ether oxygens (including phenoxy) is 2. The first-order valence-corrected chi connectivity index (χ1v) is 35.7. The van der Waals surface area contributed by atoms with Crippen LogP contribution in [0.5, 0.6) is 0 Å². The number of primary amides is 1. The Balaban J connectivity index is 0.000000531. The molecule has 0 bridgehead atoms. The third-order valence-corrected chi connectivity index (χ3v) is 19.2. The Hall–Kier alpha value is -7.65. The van der Waals surface area contributed by atoms with Crippen molar-refractivity contribution in [2.45, 2.75) is 213 Å². The molecule has 26 nitrogen and oxygen atoms in total. The molecule has 2 aliphatic heterocycles. The van der Waals surface area contributed by atoms with Gasteiger partial charge in [0, 0.05) is 77.7 Å². The summed E-state index contributed by atoms with van der Waals surface area (Å²) in [6.45, 7) is 22.9. The lowest BCUT2D eigenvalue weighted by Gasteiger charge is -2.40. The van der Waals surface area contributed by atoms with Gasteiger partial charge in [0.1, 0.15) is 30.5 Å². The average Bonchev–Trinajstić information content (AvgIpc) is 1.47. The predicted molar refractivity (Wildman–Crippen MR) is 377 cm³/mol. The molecule has 9 N–H and O–H groups in total. The first-order valence-electron chi connectivity index (χ1n) is 34.5. The number of methoxy groups -OCH3 is 1. The smallest absolute Gasteiger partial charge is 0.410 e. The van der Waals surface area contributed by atoms with E-state index in [1.54, 1.807) is 84.7 Å². The quantitative estimate of drug-likeness (QED) is 0.0209. The van der Waals surface area contributed by atoms with Gasteiger partial charge in [-0.05, 0) is 107 Å². The second-order valence-corrected chi connectivity index (χ2v) is 27.8. The lowest BCUT2D eigenvalue weighted by Crippen LogP contribution is -2.59. The van der Waals surface area contributed by atoms with Gasteiger partial charge in [-0.25, -0.2) is 9.59 Å². The summed E-state index contributed by atoms with van der Waals surface area (Å²) in [5, 5.41) is 27.1. The number of carbonyl (C=O) groups is 12. The summed E-state index contributed by atoms with van der Waals surface area (Å²) in [7, 11) is 4.59. The number of urea groups is 1. The van der Waals surface area contributed by atoms with Crippen LogP contribution in [0.3, 0.4) is 0 Å². The molecule has 13 atom stereocenters. The van der Waals surface area contributed by atoms with Gasteiger partial charge >= 0.3 is 12.1 Å².